The summed E-state index contributed by atoms with van der Waals surface area (Å²) >= 11 is 0. The molecule has 0 saturated heterocycles. The van der Waals surface area contributed by atoms with Crippen molar-refractivity contribution in [1.29, 1.82) is 0 Å². The van der Waals surface area contributed by atoms with Crippen molar-refractivity contribution in [3.8, 4) is 0 Å². The molecule has 5 nitrogen and oxygen atoms in total. The van der Waals surface area contributed by atoms with Crippen LogP contribution in [0.1, 0.15) is 12.6 Å². The first-order chi connectivity index (χ1) is 9.91. The molecule has 2 heterocycles. The Morgan fingerprint density at radius 3 is 2.33 bits per heavy atom. The highest BCUT2D eigenvalue weighted by atomic mass is 19.4. The molecule has 8 heteroatoms. The molecular weight excluding hydrogens is 285 g/mol. The van der Waals surface area contributed by atoms with Crippen LogP contribution in [0.25, 0.3) is 22.2 Å². The van der Waals surface area contributed by atoms with E-state index in [1.54, 1.807) is 31.2 Å². The van der Waals surface area contributed by atoms with Crippen molar-refractivity contribution in [3.63, 3.8) is 0 Å². The Labute approximate surface area is 116 Å². The molecule has 0 amide bonds. The predicted octanol–water partition coefficient (Wildman–Crippen LogP) is 2.38. The van der Waals surface area contributed by atoms with Crippen LogP contribution in [0.2, 0.25) is 0 Å². The third kappa shape index (κ3) is 2.12. The Kier molecular flexibility index (Phi) is 2.89. The van der Waals surface area contributed by atoms with Crippen LogP contribution < -0.4 is 5.43 Å². The molecule has 108 valence electrons. The third-order valence-corrected chi connectivity index (χ3v) is 3.02. The molecule has 1 aromatic carbocycles. The van der Waals surface area contributed by atoms with Gasteiger partial charge in [-0.1, -0.05) is 12.1 Å². The van der Waals surface area contributed by atoms with Crippen LogP contribution in [0.4, 0.5) is 13.2 Å². The van der Waals surface area contributed by atoms with E-state index in [0.29, 0.717) is 11.0 Å². The largest absolute Gasteiger partial charge is 0.439 e. The molecule has 2 aromatic heterocycles. The summed E-state index contributed by atoms with van der Waals surface area (Å²) in [6.07, 6.45) is -4.82. The zero-order valence-corrected chi connectivity index (χ0v) is 10.8. The van der Waals surface area contributed by atoms with E-state index in [2.05, 4.69) is 15.1 Å². The Morgan fingerprint density at radius 1 is 1.14 bits per heavy atom. The lowest BCUT2D eigenvalue weighted by Gasteiger charge is -2.11. The van der Waals surface area contributed by atoms with Gasteiger partial charge in [0.05, 0.1) is 11.0 Å². The maximum Gasteiger partial charge on any atom is 0.439 e. The fraction of sp³-hybridized carbons (Fsp3) is 0.231. The van der Waals surface area contributed by atoms with E-state index in [1.807, 2.05) is 0 Å². The van der Waals surface area contributed by atoms with Crippen LogP contribution in [-0.2, 0) is 12.7 Å². The normalized spacial score (nSPS) is 12.2. The maximum atomic E-state index is 12.9. The second kappa shape index (κ2) is 4.51. The number of fused-ring (bicyclic) bond motifs is 2. The zero-order valence-electron chi connectivity index (χ0n) is 10.8. The number of para-hydroxylation sites is 2. The fourth-order valence-corrected chi connectivity index (χ4v) is 2.05. The van der Waals surface area contributed by atoms with Crippen molar-refractivity contribution in [2.45, 2.75) is 19.6 Å². The number of rotatable bonds is 1. The molecule has 3 rings (SSSR count). The van der Waals surface area contributed by atoms with E-state index in [-0.39, 0.29) is 17.7 Å². The summed E-state index contributed by atoms with van der Waals surface area (Å²) in [5, 5.41) is 3.37. The molecule has 0 aliphatic heterocycles. The summed E-state index contributed by atoms with van der Waals surface area (Å²) in [6.45, 7) is 1.76. The first kappa shape index (κ1) is 13.5. The molecule has 3 aromatic rings. The molecule has 0 unspecified atom stereocenters. The van der Waals surface area contributed by atoms with Crippen molar-refractivity contribution >= 4 is 22.2 Å². The van der Waals surface area contributed by atoms with Crippen LogP contribution in [0, 0.1) is 0 Å². The molecule has 21 heavy (non-hydrogen) atoms. The van der Waals surface area contributed by atoms with E-state index < -0.39 is 17.3 Å². The fourth-order valence-electron chi connectivity index (χ4n) is 2.05. The zero-order chi connectivity index (χ0) is 15.2. The molecule has 0 aliphatic rings. The summed E-state index contributed by atoms with van der Waals surface area (Å²) in [5.74, 6) is 0. The van der Waals surface area contributed by atoms with Crippen molar-refractivity contribution in [3.05, 3.63) is 40.2 Å². The SMILES string of the molecule is CCn1nc(C(F)(F)F)c(=O)c2nc3ccccc3nc21. The quantitative estimate of drug-likeness (QED) is 0.646. The summed E-state index contributed by atoms with van der Waals surface area (Å²) < 4.78 is 39.7. The van der Waals surface area contributed by atoms with Crippen LogP contribution in [0.5, 0.6) is 0 Å². The highest BCUT2D eigenvalue weighted by molar-refractivity contribution is 5.84. The van der Waals surface area contributed by atoms with Crippen LogP contribution >= 0.6 is 0 Å². The number of alkyl halides is 3. The molecule has 0 fully saturated rings. The number of aryl methyl sites for hydroxylation is 1. The molecule has 0 saturated carbocycles. The minimum absolute atomic E-state index is 0.0502. The number of halogens is 3. The second-order valence-electron chi connectivity index (χ2n) is 4.38. The van der Waals surface area contributed by atoms with Crippen molar-refractivity contribution < 1.29 is 13.2 Å². The number of hydrogen-bond acceptors (Lipinski definition) is 4. The Hall–Kier alpha value is -2.51. The van der Waals surface area contributed by atoms with E-state index >= 15 is 0 Å². The Balaban J connectivity index is 2.50. The topological polar surface area (TPSA) is 60.7 Å². The average Bonchev–Trinajstić information content (AvgIpc) is 2.45. The van der Waals surface area contributed by atoms with E-state index in [0.717, 1.165) is 4.68 Å². The third-order valence-electron chi connectivity index (χ3n) is 3.02. The molecule has 0 N–H and O–H groups in total. The summed E-state index contributed by atoms with van der Waals surface area (Å²) in [7, 11) is 0. The standard InChI is InChI=1S/C13H9F3N4O/c1-2-20-12-9(10(21)11(19-20)13(14,15)16)17-7-5-3-4-6-8(7)18-12/h3-6H,2H2,1H3. The lowest BCUT2D eigenvalue weighted by atomic mass is 10.2. The highest BCUT2D eigenvalue weighted by Gasteiger charge is 2.37. The van der Waals surface area contributed by atoms with Crippen LogP contribution in [0.3, 0.4) is 0 Å². The highest BCUT2D eigenvalue weighted by Crippen LogP contribution is 2.26. The van der Waals surface area contributed by atoms with Gasteiger partial charge in [-0.3, -0.25) is 4.79 Å². The van der Waals surface area contributed by atoms with Gasteiger partial charge in [-0.25, -0.2) is 14.6 Å². The van der Waals surface area contributed by atoms with Gasteiger partial charge in [0.15, 0.2) is 11.2 Å². The second-order valence-corrected chi connectivity index (χ2v) is 4.38. The Morgan fingerprint density at radius 2 is 1.76 bits per heavy atom. The van der Waals surface area contributed by atoms with Crippen LogP contribution in [0.15, 0.2) is 29.1 Å². The predicted molar refractivity (Wildman–Crippen MR) is 69.8 cm³/mol. The minimum Gasteiger partial charge on any atom is -0.285 e. The lowest BCUT2D eigenvalue weighted by molar-refractivity contribution is -0.142. The maximum absolute atomic E-state index is 12.9. The van der Waals surface area contributed by atoms with Crippen molar-refractivity contribution in [2.75, 3.05) is 0 Å². The first-order valence-corrected chi connectivity index (χ1v) is 6.16. The van der Waals surface area contributed by atoms with Gasteiger partial charge >= 0.3 is 6.18 Å². The smallest absolute Gasteiger partial charge is 0.285 e. The molecule has 0 atom stereocenters. The Bertz CT molecular complexity index is 901. The molecule has 0 bridgehead atoms. The van der Waals surface area contributed by atoms with Gasteiger partial charge in [-0.15, -0.1) is 0 Å². The minimum atomic E-state index is -4.82. The van der Waals surface area contributed by atoms with Crippen molar-refractivity contribution in [2.24, 2.45) is 0 Å². The first-order valence-electron chi connectivity index (χ1n) is 6.16. The van der Waals surface area contributed by atoms with Crippen LogP contribution in [-0.4, -0.2) is 19.7 Å². The van der Waals surface area contributed by atoms with Gasteiger partial charge in [0.25, 0.3) is 0 Å². The number of aromatic nitrogens is 4. The van der Waals surface area contributed by atoms with Gasteiger partial charge < -0.3 is 0 Å². The summed E-state index contributed by atoms with van der Waals surface area (Å²) in [6, 6.07) is 6.66. The van der Waals surface area contributed by atoms with Gasteiger partial charge in [0.2, 0.25) is 11.1 Å². The number of nitrogens with zero attached hydrogens (tertiary/aromatic N) is 4. The average molecular weight is 294 g/mol. The number of benzene rings is 1. The van der Waals surface area contributed by atoms with E-state index in [9.17, 15) is 18.0 Å². The molecule has 0 radical (unpaired) electrons. The molecule has 0 spiro atoms. The van der Waals surface area contributed by atoms with Gasteiger partial charge in [-0.05, 0) is 19.1 Å². The van der Waals surface area contributed by atoms with Gasteiger partial charge in [0.1, 0.15) is 0 Å². The van der Waals surface area contributed by atoms with Crippen molar-refractivity contribution in [1.82, 2.24) is 19.7 Å². The van der Waals surface area contributed by atoms with Gasteiger partial charge in [0, 0.05) is 6.54 Å². The van der Waals surface area contributed by atoms with E-state index in [1.165, 1.54) is 0 Å². The number of hydrogen-bond donors (Lipinski definition) is 0. The molecular formula is C13H9F3N4O. The lowest BCUT2D eigenvalue weighted by Crippen LogP contribution is -2.27. The molecule has 0 aliphatic carbocycles. The summed E-state index contributed by atoms with van der Waals surface area (Å²) in [4.78, 5) is 20.2. The monoisotopic (exact) mass is 294 g/mol. The summed E-state index contributed by atoms with van der Waals surface area (Å²) in [5.41, 5.74) is -2.13. The van der Waals surface area contributed by atoms with Gasteiger partial charge in [-0.2, -0.15) is 18.3 Å². The van der Waals surface area contributed by atoms with E-state index in [4.69, 9.17) is 0 Å².